The van der Waals surface area contributed by atoms with Gasteiger partial charge < -0.3 is 30.0 Å². The first-order chi connectivity index (χ1) is 17.8. The summed E-state index contributed by atoms with van der Waals surface area (Å²) in [6, 6.07) is 18.1. The van der Waals surface area contributed by atoms with Gasteiger partial charge in [0.15, 0.2) is 18.1 Å². The van der Waals surface area contributed by atoms with Crippen molar-refractivity contribution in [1.29, 1.82) is 0 Å². The van der Waals surface area contributed by atoms with Gasteiger partial charge in [-0.1, -0.05) is 42.5 Å². The average molecular weight is 505 g/mol. The van der Waals surface area contributed by atoms with E-state index in [2.05, 4.69) is 0 Å². The molecule has 3 aromatic carbocycles. The number of aliphatic carboxylic acids is 1. The van der Waals surface area contributed by atoms with Crippen LogP contribution in [0.4, 0.5) is 0 Å². The third kappa shape index (κ3) is 5.20. The molecule has 2 atom stereocenters. The minimum absolute atomic E-state index is 0.223. The predicted octanol–water partition coefficient (Wildman–Crippen LogP) is 3.18. The second kappa shape index (κ2) is 11.0. The fraction of sp³-hybridized carbons (Fsp3) is 0.250. The minimum Gasteiger partial charge on any atom is -0.493 e. The molecule has 9 heteroatoms. The van der Waals surface area contributed by atoms with Gasteiger partial charge in [-0.3, -0.25) is 14.4 Å². The second-order valence-corrected chi connectivity index (χ2v) is 8.58. The molecule has 0 aromatic heterocycles. The number of hydrogen-bond donors (Lipinski definition) is 2. The summed E-state index contributed by atoms with van der Waals surface area (Å²) in [7, 11) is 3.10. The van der Waals surface area contributed by atoms with Gasteiger partial charge in [-0.2, -0.15) is 0 Å². The first-order valence-electron chi connectivity index (χ1n) is 11.7. The molecule has 1 aliphatic rings. The fourth-order valence-corrected chi connectivity index (χ4v) is 4.74. The number of ether oxygens (including phenoxy) is 3. The van der Waals surface area contributed by atoms with Crippen molar-refractivity contribution in [2.75, 3.05) is 27.4 Å². The van der Waals surface area contributed by atoms with E-state index in [9.17, 15) is 19.5 Å². The smallest absolute Gasteiger partial charge is 0.313 e. The topological polar surface area (TPSA) is 128 Å². The van der Waals surface area contributed by atoms with Crippen molar-refractivity contribution in [3.8, 4) is 17.2 Å². The van der Waals surface area contributed by atoms with Crippen LogP contribution in [0.2, 0.25) is 0 Å². The van der Waals surface area contributed by atoms with Crippen molar-refractivity contribution in [3.63, 3.8) is 0 Å². The van der Waals surface area contributed by atoms with E-state index < -0.39 is 23.8 Å². The molecule has 1 aliphatic heterocycles. The maximum atomic E-state index is 13.8. The van der Waals surface area contributed by atoms with Crippen molar-refractivity contribution in [2.45, 2.75) is 18.4 Å². The number of rotatable bonds is 10. The molecule has 3 aromatic rings. The number of fused-ring (bicyclic) bond motifs is 1. The van der Waals surface area contributed by atoms with Gasteiger partial charge in [0.25, 0.3) is 11.8 Å². The van der Waals surface area contributed by atoms with Crippen molar-refractivity contribution in [1.82, 2.24) is 4.90 Å². The highest BCUT2D eigenvalue weighted by Gasteiger charge is 2.45. The van der Waals surface area contributed by atoms with E-state index in [0.29, 0.717) is 40.4 Å². The molecule has 9 nitrogen and oxygen atoms in total. The van der Waals surface area contributed by atoms with Gasteiger partial charge >= 0.3 is 5.97 Å². The normalized spacial score (nSPS) is 16.6. The Hall–Kier alpha value is -4.53. The van der Waals surface area contributed by atoms with E-state index >= 15 is 0 Å². The Balaban J connectivity index is 1.78. The van der Waals surface area contributed by atoms with Crippen LogP contribution < -0.4 is 19.9 Å². The number of carboxylic acid groups (broad SMARTS) is 1. The third-order valence-corrected chi connectivity index (χ3v) is 6.40. The zero-order valence-corrected chi connectivity index (χ0v) is 20.5. The molecule has 0 bridgehead atoms. The molecule has 0 saturated carbocycles. The summed E-state index contributed by atoms with van der Waals surface area (Å²) in [6.07, 6.45) is 0.432. The van der Waals surface area contributed by atoms with Crippen molar-refractivity contribution in [3.05, 3.63) is 89.0 Å². The first-order valence-corrected chi connectivity index (χ1v) is 11.7. The zero-order valence-electron chi connectivity index (χ0n) is 20.5. The SMILES string of the molecule is COc1ccc(CCN2C(=O)c3ccccc3C(C(=O)O)C2c2ccccc2OCC(N)=O)cc1OC. The lowest BCUT2D eigenvalue weighted by Crippen LogP contribution is -2.46. The molecule has 37 heavy (non-hydrogen) atoms. The highest BCUT2D eigenvalue weighted by Crippen LogP contribution is 2.45. The summed E-state index contributed by atoms with van der Waals surface area (Å²) in [6.45, 7) is -0.154. The maximum absolute atomic E-state index is 13.8. The van der Waals surface area contributed by atoms with Gasteiger partial charge in [-0.05, 0) is 41.8 Å². The summed E-state index contributed by atoms with van der Waals surface area (Å²) in [4.78, 5) is 39.4. The van der Waals surface area contributed by atoms with Crippen LogP contribution in [0, 0.1) is 0 Å². The summed E-state index contributed by atoms with van der Waals surface area (Å²) >= 11 is 0. The molecule has 3 N–H and O–H groups in total. The number of carboxylic acids is 1. The Bertz CT molecular complexity index is 1320. The average Bonchev–Trinajstić information content (AvgIpc) is 2.91. The third-order valence-electron chi connectivity index (χ3n) is 6.40. The number of para-hydroxylation sites is 1. The number of benzene rings is 3. The van der Waals surface area contributed by atoms with Gasteiger partial charge in [0.05, 0.1) is 20.3 Å². The Morgan fingerprint density at radius 2 is 1.59 bits per heavy atom. The Morgan fingerprint density at radius 3 is 2.27 bits per heavy atom. The van der Waals surface area contributed by atoms with Crippen molar-refractivity contribution < 1.29 is 33.7 Å². The second-order valence-electron chi connectivity index (χ2n) is 8.58. The summed E-state index contributed by atoms with van der Waals surface area (Å²) in [5.41, 5.74) is 7.40. The predicted molar refractivity (Wildman–Crippen MR) is 135 cm³/mol. The van der Waals surface area contributed by atoms with Crippen LogP contribution in [0.3, 0.4) is 0 Å². The zero-order chi connectivity index (χ0) is 26.5. The molecule has 0 saturated heterocycles. The fourth-order valence-electron chi connectivity index (χ4n) is 4.74. The van der Waals surface area contributed by atoms with Gasteiger partial charge in [0.2, 0.25) is 0 Å². The minimum atomic E-state index is -1.08. The quantitative estimate of drug-likeness (QED) is 0.434. The molecule has 192 valence electrons. The number of primary amides is 1. The molecule has 0 aliphatic carbocycles. The lowest BCUT2D eigenvalue weighted by atomic mass is 9.79. The van der Waals surface area contributed by atoms with Crippen LogP contribution in [0.1, 0.15) is 39.0 Å². The lowest BCUT2D eigenvalue weighted by molar-refractivity contribution is -0.140. The van der Waals surface area contributed by atoms with Crippen LogP contribution in [-0.4, -0.2) is 55.2 Å². The maximum Gasteiger partial charge on any atom is 0.313 e. The standard InChI is InChI=1S/C28H28N2O7/c1-35-22-12-11-17(15-23(22)36-2)13-14-30-26(20-9-5-6-10-21(20)37-16-24(29)31)25(28(33)34)18-7-3-4-8-19(18)27(30)32/h3-12,15,25-26H,13-14,16H2,1-2H3,(H2,29,31)(H,33,34). The largest absolute Gasteiger partial charge is 0.493 e. The number of amides is 2. The van der Waals surface area contributed by atoms with Gasteiger partial charge in [-0.15, -0.1) is 0 Å². The monoisotopic (exact) mass is 504 g/mol. The van der Waals surface area contributed by atoms with Crippen molar-refractivity contribution >= 4 is 17.8 Å². The van der Waals surface area contributed by atoms with Crippen LogP contribution in [-0.2, 0) is 16.0 Å². The summed E-state index contributed by atoms with van der Waals surface area (Å²) < 4.78 is 16.3. The molecule has 2 amide bonds. The molecule has 0 spiro atoms. The first kappa shape index (κ1) is 25.6. The number of nitrogens with two attached hydrogens (primary N) is 1. The number of carbonyl (C=O) groups is 3. The van der Waals surface area contributed by atoms with Crippen molar-refractivity contribution in [2.24, 2.45) is 5.73 Å². The van der Waals surface area contributed by atoms with Crippen LogP contribution in [0.25, 0.3) is 0 Å². The molecular formula is C28H28N2O7. The summed E-state index contributed by atoms with van der Waals surface area (Å²) in [5.74, 6) is -1.66. The lowest BCUT2D eigenvalue weighted by Gasteiger charge is -2.41. The van der Waals surface area contributed by atoms with Gasteiger partial charge in [0, 0.05) is 17.7 Å². The van der Waals surface area contributed by atoms with Gasteiger partial charge in [-0.25, -0.2) is 0 Å². The summed E-state index contributed by atoms with van der Waals surface area (Å²) in [5, 5.41) is 10.4. The van der Waals surface area contributed by atoms with Crippen LogP contribution in [0.15, 0.2) is 66.7 Å². The number of nitrogens with zero attached hydrogens (tertiary/aromatic N) is 1. The van der Waals surface area contributed by atoms with Gasteiger partial charge in [0.1, 0.15) is 11.7 Å². The molecule has 0 fully saturated rings. The van der Waals surface area contributed by atoms with Crippen LogP contribution in [0.5, 0.6) is 17.2 Å². The van der Waals surface area contributed by atoms with E-state index in [4.69, 9.17) is 19.9 Å². The molecule has 4 rings (SSSR count). The Morgan fingerprint density at radius 1 is 0.919 bits per heavy atom. The Labute approximate surface area is 214 Å². The Kier molecular flexibility index (Phi) is 7.62. The molecule has 2 unspecified atom stereocenters. The molecule has 1 heterocycles. The highest BCUT2D eigenvalue weighted by molar-refractivity contribution is 6.00. The van der Waals surface area contributed by atoms with E-state index in [1.54, 1.807) is 73.7 Å². The van der Waals surface area contributed by atoms with E-state index in [0.717, 1.165) is 5.56 Å². The highest BCUT2D eigenvalue weighted by atomic mass is 16.5. The van der Waals surface area contributed by atoms with Crippen LogP contribution >= 0.6 is 0 Å². The number of hydrogen-bond acceptors (Lipinski definition) is 6. The van der Waals surface area contributed by atoms with E-state index in [-0.39, 0.29) is 19.1 Å². The van der Waals surface area contributed by atoms with E-state index in [1.807, 2.05) is 12.1 Å². The molecule has 0 radical (unpaired) electrons. The van der Waals surface area contributed by atoms with E-state index in [1.165, 1.54) is 0 Å². The molecular weight excluding hydrogens is 476 g/mol. The number of methoxy groups -OCH3 is 2. The number of carbonyl (C=O) groups excluding carboxylic acids is 2.